The number of carbonyl (C=O) groups is 1. The van der Waals surface area contributed by atoms with Crippen LogP contribution in [0.1, 0.15) is 46.5 Å². The van der Waals surface area contributed by atoms with Gasteiger partial charge >= 0.3 is 5.97 Å². The maximum absolute atomic E-state index is 12.0. The third-order valence-electron chi connectivity index (χ3n) is 3.35. The minimum Gasteiger partial charge on any atom is -0.460 e. The monoisotopic (exact) mass is 211 g/mol. The lowest BCUT2D eigenvalue weighted by molar-refractivity contribution is -0.162. The summed E-state index contributed by atoms with van der Waals surface area (Å²) >= 11 is 0. The van der Waals surface area contributed by atoms with Crippen molar-refractivity contribution in [1.82, 2.24) is 5.32 Å². The summed E-state index contributed by atoms with van der Waals surface area (Å²) in [4.78, 5) is 12.0. The standard InChI is InChI=1S/C12H21NO2/c1-11(2,3)15-10(14)9-6-4-5-7-12(9)8-13-12/h9,13H,4-8H2,1-3H3. The van der Waals surface area contributed by atoms with Crippen molar-refractivity contribution in [3.05, 3.63) is 0 Å². The van der Waals surface area contributed by atoms with E-state index in [0.29, 0.717) is 0 Å². The number of carbonyl (C=O) groups excluding carboxylic acids is 1. The Balaban J connectivity index is 2.00. The number of nitrogens with one attached hydrogen (secondary N) is 1. The second-order valence-electron chi connectivity index (χ2n) is 5.84. The second-order valence-corrected chi connectivity index (χ2v) is 5.84. The Hall–Kier alpha value is -0.570. The molecule has 2 fully saturated rings. The van der Waals surface area contributed by atoms with Gasteiger partial charge in [-0.3, -0.25) is 4.79 Å². The molecule has 1 aliphatic heterocycles. The van der Waals surface area contributed by atoms with Gasteiger partial charge in [-0.25, -0.2) is 0 Å². The molecule has 0 aromatic rings. The molecule has 1 saturated carbocycles. The van der Waals surface area contributed by atoms with Gasteiger partial charge in [0.2, 0.25) is 0 Å². The highest BCUT2D eigenvalue weighted by Gasteiger charge is 2.53. The lowest BCUT2D eigenvalue weighted by Gasteiger charge is -2.31. The predicted molar refractivity (Wildman–Crippen MR) is 58.5 cm³/mol. The van der Waals surface area contributed by atoms with E-state index in [0.717, 1.165) is 25.8 Å². The summed E-state index contributed by atoms with van der Waals surface area (Å²) in [5.74, 6) is 0.0812. The highest BCUT2D eigenvalue weighted by Crippen LogP contribution is 2.41. The van der Waals surface area contributed by atoms with Gasteiger partial charge in [-0.15, -0.1) is 0 Å². The van der Waals surface area contributed by atoms with Gasteiger partial charge in [-0.1, -0.05) is 12.8 Å². The molecule has 15 heavy (non-hydrogen) atoms. The van der Waals surface area contributed by atoms with Crippen LogP contribution in [0, 0.1) is 5.92 Å². The summed E-state index contributed by atoms with van der Waals surface area (Å²) in [5.41, 5.74) is -0.245. The average molecular weight is 211 g/mol. The number of hydrogen-bond acceptors (Lipinski definition) is 3. The Kier molecular flexibility index (Phi) is 2.53. The van der Waals surface area contributed by atoms with E-state index < -0.39 is 0 Å². The van der Waals surface area contributed by atoms with Crippen LogP contribution < -0.4 is 5.32 Å². The summed E-state index contributed by atoms with van der Waals surface area (Å²) in [6.07, 6.45) is 4.53. The molecule has 1 aliphatic carbocycles. The molecule has 2 atom stereocenters. The van der Waals surface area contributed by atoms with Gasteiger partial charge in [-0.2, -0.15) is 0 Å². The van der Waals surface area contributed by atoms with Crippen molar-refractivity contribution >= 4 is 5.97 Å². The van der Waals surface area contributed by atoms with Gasteiger partial charge < -0.3 is 10.1 Å². The van der Waals surface area contributed by atoms with Crippen LogP contribution in [0.5, 0.6) is 0 Å². The van der Waals surface area contributed by atoms with Gasteiger partial charge in [0.05, 0.1) is 5.92 Å². The zero-order valence-corrected chi connectivity index (χ0v) is 9.93. The molecule has 3 nitrogen and oxygen atoms in total. The number of hydrogen-bond donors (Lipinski definition) is 1. The number of ether oxygens (including phenoxy) is 1. The maximum atomic E-state index is 12.0. The molecular weight excluding hydrogens is 190 g/mol. The van der Waals surface area contributed by atoms with Crippen molar-refractivity contribution in [2.45, 2.75) is 57.6 Å². The van der Waals surface area contributed by atoms with Crippen molar-refractivity contribution < 1.29 is 9.53 Å². The van der Waals surface area contributed by atoms with Crippen LogP contribution in [-0.4, -0.2) is 23.7 Å². The minimum atomic E-state index is -0.357. The Morgan fingerprint density at radius 3 is 2.60 bits per heavy atom. The molecule has 1 saturated heterocycles. The molecule has 86 valence electrons. The smallest absolute Gasteiger partial charge is 0.311 e. The van der Waals surface area contributed by atoms with Crippen molar-refractivity contribution in [1.29, 1.82) is 0 Å². The topological polar surface area (TPSA) is 48.2 Å². The van der Waals surface area contributed by atoms with Gasteiger partial charge in [0.1, 0.15) is 5.60 Å². The molecule has 0 aromatic carbocycles. The van der Waals surface area contributed by atoms with Crippen molar-refractivity contribution in [2.24, 2.45) is 5.92 Å². The molecule has 0 amide bonds. The molecule has 1 spiro atoms. The molecule has 3 heteroatoms. The van der Waals surface area contributed by atoms with Gasteiger partial charge in [-0.05, 0) is 33.6 Å². The lowest BCUT2D eigenvalue weighted by atomic mass is 9.78. The SMILES string of the molecule is CC(C)(C)OC(=O)C1CCCCC12CN2. The fourth-order valence-electron chi connectivity index (χ4n) is 2.49. The number of rotatable bonds is 1. The van der Waals surface area contributed by atoms with Gasteiger partial charge in [0.25, 0.3) is 0 Å². The van der Waals surface area contributed by atoms with E-state index in [-0.39, 0.29) is 23.0 Å². The summed E-state index contributed by atoms with van der Waals surface area (Å²) < 4.78 is 5.47. The molecule has 2 aliphatic rings. The normalized spacial score (nSPS) is 35.3. The molecule has 2 unspecified atom stereocenters. The molecule has 2 rings (SSSR count). The maximum Gasteiger partial charge on any atom is 0.311 e. The highest BCUT2D eigenvalue weighted by atomic mass is 16.6. The first-order valence-corrected chi connectivity index (χ1v) is 5.91. The lowest BCUT2D eigenvalue weighted by Crippen LogP contribution is -2.40. The summed E-state index contributed by atoms with van der Waals surface area (Å²) in [5, 5.41) is 3.37. The van der Waals surface area contributed by atoms with Crippen LogP contribution in [-0.2, 0) is 9.53 Å². The number of esters is 1. The van der Waals surface area contributed by atoms with Crippen LogP contribution in [0.4, 0.5) is 0 Å². The molecular formula is C12H21NO2. The Labute approximate surface area is 91.6 Å². The third kappa shape index (κ3) is 2.33. The van der Waals surface area contributed by atoms with E-state index in [1.54, 1.807) is 0 Å². The third-order valence-corrected chi connectivity index (χ3v) is 3.35. The Morgan fingerprint density at radius 2 is 2.07 bits per heavy atom. The predicted octanol–water partition coefficient (Wildman–Crippen LogP) is 1.86. The summed E-state index contributed by atoms with van der Waals surface area (Å²) in [7, 11) is 0. The van der Waals surface area contributed by atoms with E-state index in [9.17, 15) is 4.79 Å². The van der Waals surface area contributed by atoms with E-state index in [4.69, 9.17) is 4.74 Å². The molecule has 0 aromatic heterocycles. The van der Waals surface area contributed by atoms with E-state index in [1.165, 1.54) is 6.42 Å². The first-order valence-electron chi connectivity index (χ1n) is 5.91. The quantitative estimate of drug-likeness (QED) is 0.532. The molecule has 0 radical (unpaired) electrons. The van der Waals surface area contributed by atoms with Crippen molar-refractivity contribution in [3.8, 4) is 0 Å². The summed E-state index contributed by atoms with van der Waals surface area (Å²) in [6, 6.07) is 0. The Morgan fingerprint density at radius 1 is 1.40 bits per heavy atom. The van der Waals surface area contributed by atoms with E-state index in [1.807, 2.05) is 20.8 Å². The molecule has 1 heterocycles. The highest BCUT2D eigenvalue weighted by molar-refractivity contribution is 5.75. The summed E-state index contributed by atoms with van der Waals surface area (Å²) in [6.45, 7) is 6.79. The molecule has 1 N–H and O–H groups in total. The van der Waals surface area contributed by atoms with Crippen LogP contribution in [0.3, 0.4) is 0 Å². The van der Waals surface area contributed by atoms with Gasteiger partial charge in [0, 0.05) is 12.1 Å². The second kappa shape index (κ2) is 3.48. The van der Waals surface area contributed by atoms with E-state index >= 15 is 0 Å². The fraction of sp³-hybridized carbons (Fsp3) is 0.917. The van der Waals surface area contributed by atoms with Crippen molar-refractivity contribution in [2.75, 3.05) is 6.54 Å². The zero-order valence-electron chi connectivity index (χ0n) is 9.93. The van der Waals surface area contributed by atoms with Crippen LogP contribution >= 0.6 is 0 Å². The zero-order chi connectivity index (χ0) is 11.1. The first kappa shape index (κ1) is 10.9. The largest absolute Gasteiger partial charge is 0.460 e. The fourth-order valence-corrected chi connectivity index (χ4v) is 2.49. The van der Waals surface area contributed by atoms with Crippen molar-refractivity contribution in [3.63, 3.8) is 0 Å². The van der Waals surface area contributed by atoms with Crippen LogP contribution in [0.2, 0.25) is 0 Å². The van der Waals surface area contributed by atoms with Crippen LogP contribution in [0.15, 0.2) is 0 Å². The first-order chi connectivity index (χ1) is 6.93. The Bertz CT molecular complexity index is 263. The minimum absolute atomic E-state index is 0.00722. The van der Waals surface area contributed by atoms with Crippen LogP contribution in [0.25, 0.3) is 0 Å². The van der Waals surface area contributed by atoms with E-state index in [2.05, 4.69) is 5.32 Å². The van der Waals surface area contributed by atoms with Gasteiger partial charge in [0.15, 0.2) is 0 Å². The average Bonchev–Trinajstić information content (AvgIpc) is 2.83. The molecule has 0 bridgehead atoms.